The van der Waals surface area contributed by atoms with Gasteiger partial charge >= 0.3 is 5.97 Å². The van der Waals surface area contributed by atoms with Gasteiger partial charge in [-0.05, 0) is 19.1 Å². The maximum Gasteiger partial charge on any atom is 0.306 e. The Labute approximate surface area is 194 Å². The molecule has 0 rings (SSSR count). The van der Waals surface area contributed by atoms with Crippen LogP contribution in [0.5, 0.6) is 0 Å². The molecule has 30 heavy (non-hydrogen) atoms. The summed E-state index contributed by atoms with van der Waals surface area (Å²) in [7, 11) is 0. The number of carbonyl (C=O) groups is 1. The van der Waals surface area contributed by atoms with Crippen LogP contribution in [0.3, 0.4) is 0 Å². The molecule has 0 N–H and O–H groups in total. The van der Waals surface area contributed by atoms with Gasteiger partial charge in [0.1, 0.15) is 0 Å². The van der Waals surface area contributed by atoms with E-state index < -0.39 is 0 Å². The zero-order valence-corrected chi connectivity index (χ0v) is 21.5. The van der Waals surface area contributed by atoms with Crippen molar-refractivity contribution in [3.63, 3.8) is 0 Å². The first-order chi connectivity index (χ1) is 14.8. The Balaban J connectivity index is 3.03. The van der Waals surface area contributed by atoms with Gasteiger partial charge < -0.3 is 4.74 Å². The molecular weight excluding hydrogens is 388 g/mol. The summed E-state index contributed by atoms with van der Waals surface area (Å²) in [6.45, 7) is 4.66. The summed E-state index contributed by atoms with van der Waals surface area (Å²) >= 11 is 1.90. The number of rotatable bonds is 25. The Morgan fingerprint density at radius 3 is 1.27 bits per heavy atom. The van der Waals surface area contributed by atoms with Crippen LogP contribution in [0.25, 0.3) is 0 Å². The summed E-state index contributed by atoms with van der Waals surface area (Å²) in [5.41, 5.74) is 0. The van der Waals surface area contributed by atoms with Gasteiger partial charge in [-0.15, -0.1) is 0 Å². The number of carbonyl (C=O) groups excluding carboxylic acids is 1. The molecule has 0 aliphatic heterocycles. The van der Waals surface area contributed by atoms with E-state index >= 15 is 0 Å². The predicted octanol–water partition coefficient (Wildman–Crippen LogP) is 9.49. The van der Waals surface area contributed by atoms with Crippen LogP contribution in [0.15, 0.2) is 0 Å². The van der Waals surface area contributed by atoms with Crippen molar-refractivity contribution in [3.8, 4) is 0 Å². The summed E-state index contributed by atoms with van der Waals surface area (Å²) in [5.74, 6) is 2.06. The van der Waals surface area contributed by atoms with Crippen LogP contribution < -0.4 is 0 Å². The zero-order valence-electron chi connectivity index (χ0n) is 20.7. The Morgan fingerprint density at radius 1 is 0.533 bits per heavy atom. The topological polar surface area (TPSA) is 26.3 Å². The van der Waals surface area contributed by atoms with Gasteiger partial charge in [0, 0.05) is 5.75 Å². The van der Waals surface area contributed by atoms with E-state index in [1.807, 2.05) is 18.7 Å². The smallest absolute Gasteiger partial charge is 0.306 e. The fourth-order valence-corrected chi connectivity index (χ4v) is 4.87. The molecule has 0 radical (unpaired) electrons. The van der Waals surface area contributed by atoms with E-state index in [4.69, 9.17) is 4.74 Å². The molecule has 0 aromatic carbocycles. The van der Waals surface area contributed by atoms with Crippen LogP contribution in [0, 0.1) is 0 Å². The van der Waals surface area contributed by atoms with Crippen molar-refractivity contribution in [2.75, 3.05) is 18.1 Å². The third kappa shape index (κ3) is 25.9. The van der Waals surface area contributed by atoms with Crippen LogP contribution in [0.1, 0.15) is 149 Å². The molecule has 0 amide bonds. The van der Waals surface area contributed by atoms with Crippen LogP contribution in [0.2, 0.25) is 0 Å². The summed E-state index contributed by atoms with van der Waals surface area (Å²) in [5, 5.41) is 0. The van der Waals surface area contributed by atoms with Gasteiger partial charge in [0.05, 0.1) is 13.0 Å². The van der Waals surface area contributed by atoms with E-state index in [0.29, 0.717) is 13.0 Å². The van der Waals surface area contributed by atoms with Gasteiger partial charge in [-0.25, -0.2) is 0 Å². The molecule has 0 saturated heterocycles. The molecule has 2 nitrogen and oxygen atoms in total. The second-order valence-electron chi connectivity index (χ2n) is 8.88. The van der Waals surface area contributed by atoms with E-state index in [9.17, 15) is 4.79 Å². The predicted molar refractivity (Wildman–Crippen MR) is 137 cm³/mol. The molecule has 0 heterocycles. The van der Waals surface area contributed by atoms with Gasteiger partial charge in [0.2, 0.25) is 0 Å². The molecule has 0 aromatic rings. The van der Waals surface area contributed by atoms with Gasteiger partial charge in [0.25, 0.3) is 0 Å². The molecule has 0 aliphatic rings. The fraction of sp³-hybridized carbons (Fsp3) is 0.963. The van der Waals surface area contributed by atoms with E-state index in [1.165, 1.54) is 134 Å². The quantitative estimate of drug-likeness (QED) is 0.104. The molecule has 0 saturated carbocycles. The van der Waals surface area contributed by atoms with Crippen LogP contribution >= 0.6 is 11.8 Å². The SMILES string of the molecule is CCCCCCCCCCCCCCCCCCCCCCSCCC(=O)OCC. The number of hydrogen-bond acceptors (Lipinski definition) is 3. The maximum absolute atomic E-state index is 11.2. The van der Waals surface area contributed by atoms with Crippen molar-refractivity contribution < 1.29 is 9.53 Å². The average Bonchev–Trinajstić information content (AvgIpc) is 2.74. The number of hydrogen-bond donors (Lipinski definition) is 0. The fourth-order valence-electron chi connectivity index (χ4n) is 3.95. The Morgan fingerprint density at radius 2 is 0.900 bits per heavy atom. The second kappa shape index (κ2) is 26.9. The summed E-state index contributed by atoms with van der Waals surface area (Å²) in [6.07, 6.45) is 29.2. The molecule has 0 bridgehead atoms. The first kappa shape index (κ1) is 29.8. The molecule has 0 atom stereocenters. The lowest BCUT2D eigenvalue weighted by Crippen LogP contribution is -2.04. The lowest BCUT2D eigenvalue weighted by molar-refractivity contribution is -0.142. The molecular formula is C27H54O2S. The second-order valence-corrected chi connectivity index (χ2v) is 10.1. The van der Waals surface area contributed by atoms with Crippen molar-refractivity contribution in [1.29, 1.82) is 0 Å². The van der Waals surface area contributed by atoms with Crippen LogP contribution in [-0.2, 0) is 9.53 Å². The van der Waals surface area contributed by atoms with E-state index in [2.05, 4.69) is 6.92 Å². The van der Waals surface area contributed by atoms with Gasteiger partial charge in [-0.2, -0.15) is 11.8 Å². The van der Waals surface area contributed by atoms with Gasteiger partial charge in [0.15, 0.2) is 0 Å². The highest BCUT2D eigenvalue weighted by Gasteiger charge is 2.01. The highest BCUT2D eigenvalue weighted by atomic mass is 32.2. The molecule has 180 valence electrons. The number of unbranched alkanes of at least 4 members (excludes halogenated alkanes) is 19. The maximum atomic E-state index is 11.2. The molecule has 0 spiro atoms. The third-order valence-electron chi connectivity index (χ3n) is 5.90. The monoisotopic (exact) mass is 442 g/mol. The van der Waals surface area contributed by atoms with Crippen LogP contribution in [-0.4, -0.2) is 24.1 Å². The minimum atomic E-state index is -0.0477. The molecule has 0 unspecified atom stereocenters. The summed E-state index contributed by atoms with van der Waals surface area (Å²) in [4.78, 5) is 11.2. The van der Waals surface area contributed by atoms with E-state index in [0.717, 1.165) is 5.75 Å². The third-order valence-corrected chi connectivity index (χ3v) is 6.97. The largest absolute Gasteiger partial charge is 0.466 e. The standard InChI is InChI=1S/C27H54O2S/c1-3-5-6-7-8-9-10-11-12-13-14-15-16-17-18-19-20-21-22-23-25-30-26-24-27(28)29-4-2/h3-26H2,1-2H3. The van der Waals surface area contributed by atoms with Crippen molar-refractivity contribution in [2.45, 2.75) is 149 Å². The lowest BCUT2D eigenvalue weighted by Gasteiger charge is -2.04. The summed E-state index contributed by atoms with van der Waals surface area (Å²) < 4.78 is 4.94. The van der Waals surface area contributed by atoms with Crippen molar-refractivity contribution in [2.24, 2.45) is 0 Å². The van der Waals surface area contributed by atoms with Crippen molar-refractivity contribution in [3.05, 3.63) is 0 Å². The molecule has 0 aromatic heterocycles. The minimum Gasteiger partial charge on any atom is -0.466 e. The van der Waals surface area contributed by atoms with Gasteiger partial charge in [-0.1, -0.05) is 129 Å². The Bertz CT molecular complexity index is 333. The Hall–Kier alpha value is -0.180. The highest BCUT2D eigenvalue weighted by Crippen LogP contribution is 2.15. The first-order valence-corrected chi connectivity index (χ1v) is 14.7. The van der Waals surface area contributed by atoms with Crippen molar-refractivity contribution >= 4 is 17.7 Å². The lowest BCUT2D eigenvalue weighted by atomic mass is 10.0. The Kier molecular flexibility index (Phi) is 26.7. The molecule has 3 heteroatoms. The van der Waals surface area contributed by atoms with E-state index in [-0.39, 0.29) is 5.97 Å². The molecule has 0 fully saturated rings. The zero-order chi connectivity index (χ0) is 22.0. The average molecular weight is 443 g/mol. The van der Waals surface area contributed by atoms with Crippen molar-refractivity contribution in [1.82, 2.24) is 0 Å². The number of thioether (sulfide) groups is 1. The minimum absolute atomic E-state index is 0.0477. The first-order valence-electron chi connectivity index (χ1n) is 13.5. The van der Waals surface area contributed by atoms with E-state index in [1.54, 1.807) is 0 Å². The highest BCUT2D eigenvalue weighted by molar-refractivity contribution is 7.99. The summed E-state index contributed by atoms with van der Waals surface area (Å²) in [6, 6.07) is 0. The molecule has 0 aliphatic carbocycles. The number of esters is 1. The van der Waals surface area contributed by atoms with Gasteiger partial charge in [-0.3, -0.25) is 4.79 Å². The normalized spacial score (nSPS) is 11.1. The number of ether oxygens (including phenoxy) is 1. The van der Waals surface area contributed by atoms with Crippen LogP contribution in [0.4, 0.5) is 0 Å².